The molecular formula is C27H35ClN4O. The first-order valence-corrected chi connectivity index (χ1v) is 12.7. The number of nitriles is 1. The Morgan fingerprint density at radius 2 is 2.03 bits per heavy atom. The van der Waals surface area contributed by atoms with Gasteiger partial charge in [-0.15, -0.1) is 0 Å². The molecule has 3 heterocycles. The van der Waals surface area contributed by atoms with Crippen LogP contribution in [-0.4, -0.2) is 29.7 Å². The van der Waals surface area contributed by atoms with E-state index in [0.717, 1.165) is 53.9 Å². The van der Waals surface area contributed by atoms with E-state index in [9.17, 15) is 5.26 Å². The molecule has 0 amide bonds. The summed E-state index contributed by atoms with van der Waals surface area (Å²) < 4.78 is 5.43. The van der Waals surface area contributed by atoms with Gasteiger partial charge in [0.15, 0.2) is 0 Å². The van der Waals surface area contributed by atoms with E-state index in [-0.39, 0.29) is 0 Å². The molecule has 1 aliphatic heterocycles. The summed E-state index contributed by atoms with van der Waals surface area (Å²) in [4.78, 5) is 9.44. The highest BCUT2D eigenvalue weighted by Crippen LogP contribution is 2.37. The fraction of sp³-hybridized carbons (Fsp3) is 0.593. The van der Waals surface area contributed by atoms with Crippen molar-refractivity contribution in [2.24, 2.45) is 23.2 Å². The molecule has 1 aliphatic carbocycles. The minimum absolute atomic E-state index is 0.397. The summed E-state index contributed by atoms with van der Waals surface area (Å²) >= 11 is 6.54. The van der Waals surface area contributed by atoms with Gasteiger partial charge in [0.2, 0.25) is 0 Å². The molecule has 5 nitrogen and oxygen atoms in total. The van der Waals surface area contributed by atoms with Crippen molar-refractivity contribution >= 4 is 17.4 Å². The Morgan fingerprint density at radius 1 is 1.24 bits per heavy atom. The molecule has 1 saturated heterocycles. The zero-order chi connectivity index (χ0) is 23.3. The molecule has 0 spiro atoms. The average Bonchev–Trinajstić information content (AvgIpc) is 3.25. The molecule has 0 bridgehead atoms. The molecule has 6 heteroatoms. The normalized spacial score (nSPS) is 22.3. The highest BCUT2D eigenvalue weighted by Gasteiger charge is 2.32. The fourth-order valence-electron chi connectivity index (χ4n) is 5.36. The van der Waals surface area contributed by atoms with Crippen molar-refractivity contribution in [3.8, 4) is 17.3 Å². The van der Waals surface area contributed by atoms with Crippen LogP contribution >= 0.6 is 11.6 Å². The lowest BCUT2D eigenvalue weighted by atomic mass is 9.82. The summed E-state index contributed by atoms with van der Waals surface area (Å²) in [5.74, 6) is 3.10. The third kappa shape index (κ3) is 6.25. The zero-order valence-corrected chi connectivity index (χ0v) is 20.6. The SMILES string of the molecule is CC(C)C[C@@H]1CC[C@@H](Cc2cc(-c3cccc(NCC4(C#N)CCOCC4)n3)c(Cl)cn2)C1. The molecular weight excluding hydrogens is 432 g/mol. The Kier molecular flexibility index (Phi) is 7.88. The van der Waals surface area contributed by atoms with E-state index in [1.54, 1.807) is 6.20 Å². The number of ether oxygens (including phenoxy) is 1. The molecule has 1 N–H and O–H groups in total. The van der Waals surface area contributed by atoms with Crippen molar-refractivity contribution < 1.29 is 4.74 Å². The van der Waals surface area contributed by atoms with E-state index in [1.807, 2.05) is 18.2 Å². The van der Waals surface area contributed by atoms with Crippen LogP contribution in [0.5, 0.6) is 0 Å². The van der Waals surface area contributed by atoms with Gasteiger partial charge >= 0.3 is 0 Å². The first-order chi connectivity index (χ1) is 16.0. The van der Waals surface area contributed by atoms with Gasteiger partial charge in [-0.05, 0) is 74.5 Å². The van der Waals surface area contributed by atoms with Crippen LogP contribution in [0.25, 0.3) is 11.3 Å². The summed E-state index contributed by atoms with van der Waals surface area (Å²) in [7, 11) is 0. The number of halogens is 1. The second-order valence-corrected chi connectivity index (χ2v) is 10.7. The second kappa shape index (κ2) is 10.8. The third-order valence-corrected chi connectivity index (χ3v) is 7.49. The Morgan fingerprint density at radius 3 is 2.79 bits per heavy atom. The number of pyridine rings is 2. The topological polar surface area (TPSA) is 70.8 Å². The van der Waals surface area contributed by atoms with Crippen molar-refractivity contribution in [2.45, 2.75) is 58.8 Å². The molecule has 0 radical (unpaired) electrons. The quantitative estimate of drug-likeness (QED) is 0.478. The summed E-state index contributed by atoms with van der Waals surface area (Å²) in [6.07, 6.45) is 9.53. The molecule has 176 valence electrons. The smallest absolute Gasteiger partial charge is 0.126 e. The molecule has 1 saturated carbocycles. The van der Waals surface area contributed by atoms with Crippen LogP contribution in [0.4, 0.5) is 5.82 Å². The van der Waals surface area contributed by atoms with Gasteiger partial charge in [0.05, 0.1) is 22.2 Å². The van der Waals surface area contributed by atoms with E-state index in [0.29, 0.717) is 30.7 Å². The van der Waals surface area contributed by atoms with Crippen LogP contribution in [0.1, 0.15) is 58.1 Å². The number of hydrogen-bond donors (Lipinski definition) is 1. The van der Waals surface area contributed by atoms with Crippen LogP contribution in [0.15, 0.2) is 30.5 Å². The molecule has 2 aromatic heterocycles. The highest BCUT2D eigenvalue weighted by molar-refractivity contribution is 6.33. The predicted molar refractivity (Wildman–Crippen MR) is 133 cm³/mol. The molecule has 33 heavy (non-hydrogen) atoms. The maximum Gasteiger partial charge on any atom is 0.126 e. The van der Waals surface area contributed by atoms with E-state index in [4.69, 9.17) is 21.3 Å². The van der Waals surface area contributed by atoms with Crippen molar-refractivity contribution in [3.05, 3.63) is 41.2 Å². The van der Waals surface area contributed by atoms with Gasteiger partial charge < -0.3 is 10.1 Å². The maximum atomic E-state index is 9.70. The molecule has 2 fully saturated rings. The van der Waals surface area contributed by atoms with Crippen molar-refractivity contribution in [2.75, 3.05) is 25.1 Å². The van der Waals surface area contributed by atoms with Crippen LogP contribution in [-0.2, 0) is 11.2 Å². The van der Waals surface area contributed by atoms with Gasteiger partial charge in [0.25, 0.3) is 0 Å². The first kappa shape index (κ1) is 24.0. The van der Waals surface area contributed by atoms with Crippen LogP contribution in [0.3, 0.4) is 0 Å². The lowest BCUT2D eigenvalue weighted by Gasteiger charge is -2.30. The number of hydrogen-bond acceptors (Lipinski definition) is 5. The van der Waals surface area contributed by atoms with E-state index >= 15 is 0 Å². The monoisotopic (exact) mass is 466 g/mol. The molecule has 2 aliphatic rings. The predicted octanol–water partition coefficient (Wildman–Crippen LogP) is 6.53. The van der Waals surface area contributed by atoms with E-state index in [1.165, 1.54) is 25.7 Å². The number of nitrogens with one attached hydrogen (secondary N) is 1. The first-order valence-electron chi connectivity index (χ1n) is 12.3. The Labute approximate surface area is 202 Å². The minimum atomic E-state index is -0.397. The highest BCUT2D eigenvalue weighted by atomic mass is 35.5. The van der Waals surface area contributed by atoms with Crippen molar-refractivity contribution in [3.63, 3.8) is 0 Å². The number of rotatable bonds is 8. The molecule has 2 atom stereocenters. The lowest BCUT2D eigenvalue weighted by molar-refractivity contribution is 0.0455. The Balaban J connectivity index is 1.44. The van der Waals surface area contributed by atoms with E-state index in [2.05, 4.69) is 36.3 Å². The molecule has 4 rings (SSSR count). The largest absolute Gasteiger partial charge is 0.381 e. The Hall–Kier alpha value is -2.16. The van der Waals surface area contributed by atoms with Gasteiger partial charge in [0, 0.05) is 37.2 Å². The van der Waals surface area contributed by atoms with Gasteiger partial charge in [-0.3, -0.25) is 4.98 Å². The summed E-state index contributed by atoms with van der Waals surface area (Å²) in [6.45, 7) is 6.48. The lowest BCUT2D eigenvalue weighted by Crippen LogP contribution is -2.34. The average molecular weight is 467 g/mol. The van der Waals surface area contributed by atoms with Gasteiger partial charge in [-0.1, -0.05) is 37.9 Å². The molecule has 2 aromatic rings. The second-order valence-electron chi connectivity index (χ2n) is 10.3. The van der Waals surface area contributed by atoms with Gasteiger partial charge in [-0.25, -0.2) is 4.98 Å². The third-order valence-electron chi connectivity index (χ3n) is 7.18. The maximum absolute atomic E-state index is 9.70. The zero-order valence-electron chi connectivity index (χ0n) is 19.8. The Bertz CT molecular complexity index is 980. The van der Waals surface area contributed by atoms with Crippen LogP contribution < -0.4 is 5.32 Å². The van der Waals surface area contributed by atoms with Crippen molar-refractivity contribution in [1.29, 1.82) is 5.26 Å². The molecule has 0 unspecified atom stereocenters. The van der Waals surface area contributed by atoms with Crippen LogP contribution in [0, 0.1) is 34.5 Å². The molecule has 0 aromatic carbocycles. The van der Waals surface area contributed by atoms with E-state index < -0.39 is 5.41 Å². The minimum Gasteiger partial charge on any atom is -0.381 e. The fourth-order valence-corrected chi connectivity index (χ4v) is 5.56. The number of nitrogens with zero attached hydrogens (tertiary/aromatic N) is 3. The summed E-state index contributed by atoms with van der Waals surface area (Å²) in [5.41, 5.74) is 2.45. The summed E-state index contributed by atoms with van der Waals surface area (Å²) in [5, 5.41) is 13.7. The van der Waals surface area contributed by atoms with Gasteiger partial charge in [0.1, 0.15) is 5.82 Å². The van der Waals surface area contributed by atoms with Crippen LogP contribution in [0.2, 0.25) is 5.02 Å². The standard InChI is InChI=1S/C27H35ClN4O/c1-19(2)12-20-6-7-21(13-20)14-22-15-23(24(28)16-30-22)25-4-3-5-26(32-25)31-18-27(17-29)8-10-33-11-9-27/h3-5,15-16,19-21H,6-14,18H2,1-2H3,(H,31,32)/t20-,21+/m0/s1. The van der Waals surface area contributed by atoms with Gasteiger partial charge in [-0.2, -0.15) is 5.26 Å². The van der Waals surface area contributed by atoms with Crippen molar-refractivity contribution in [1.82, 2.24) is 9.97 Å². The number of aromatic nitrogens is 2. The summed E-state index contributed by atoms with van der Waals surface area (Å²) in [6, 6.07) is 10.5. The number of anilines is 1.